The van der Waals surface area contributed by atoms with Crippen molar-refractivity contribution in [3.8, 4) is 11.5 Å². The highest BCUT2D eigenvalue weighted by molar-refractivity contribution is 7.21. The second-order valence-corrected chi connectivity index (χ2v) is 10.2. The lowest BCUT2D eigenvalue weighted by Crippen LogP contribution is -2.48. The van der Waals surface area contributed by atoms with Gasteiger partial charge in [-0.2, -0.15) is 0 Å². The van der Waals surface area contributed by atoms with Gasteiger partial charge in [0, 0.05) is 16.3 Å². The van der Waals surface area contributed by atoms with E-state index in [0.717, 1.165) is 36.0 Å². The van der Waals surface area contributed by atoms with Crippen LogP contribution in [0.1, 0.15) is 34.2 Å². The summed E-state index contributed by atoms with van der Waals surface area (Å²) in [5, 5.41) is 15.2. The van der Waals surface area contributed by atoms with Crippen LogP contribution in [0.2, 0.25) is 5.02 Å². The maximum Gasteiger partial charge on any atom is 0.293 e. The second-order valence-electron chi connectivity index (χ2n) is 8.68. The van der Waals surface area contributed by atoms with Crippen molar-refractivity contribution in [1.29, 1.82) is 0 Å². The van der Waals surface area contributed by atoms with Gasteiger partial charge in [-0.25, -0.2) is 4.39 Å². The minimum Gasteiger partial charge on any atom is -0.486 e. The molecule has 0 saturated carbocycles. The summed E-state index contributed by atoms with van der Waals surface area (Å²) < 4.78 is 26.2. The van der Waals surface area contributed by atoms with Crippen molar-refractivity contribution in [2.45, 2.75) is 25.0 Å². The highest BCUT2D eigenvalue weighted by atomic mass is 35.5. The highest BCUT2D eigenvalue weighted by Crippen LogP contribution is 2.36. The number of nitrogens with one attached hydrogen (secondary N) is 1. The van der Waals surface area contributed by atoms with Crippen molar-refractivity contribution >= 4 is 44.7 Å². The first-order valence-electron chi connectivity index (χ1n) is 11.4. The van der Waals surface area contributed by atoms with E-state index in [9.17, 15) is 19.1 Å². The monoisotopic (exact) mass is 518 g/mol. The molecule has 1 aromatic heterocycles. The van der Waals surface area contributed by atoms with Gasteiger partial charge in [-0.15, -0.1) is 11.3 Å². The predicted molar refractivity (Wildman–Crippen MR) is 131 cm³/mol. The summed E-state index contributed by atoms with van der Waals surface area (Å²) in [7, 11) is 0. The number of hydrogen-bond donors (Lipinski definition) is 2. The number of hydrogen-bond acceptors (Lipinski definition) is 7. The van der Waals surface area contributed by atoms with Gasteiger partial charge >= 0.3 is 0 Å². The molecule has 2 aliphatic rings. The molecular formula is C25H24ClFN2O5S. The van der Waals surface area contributed by atoms with Gasteiger partial charge in [-0.3, -0.25) is 9.59 Å². The SMILES string of the molecule is O=C(NC(CN1CCCC1)[C@H](O)c1cc(F)c2c(c1)OCCO2)C(=O)c1cc2ccc(Cl)cc2s1. The highest BCUT2D eigenvalue weighted by Gasteiger charge is 2.31. The lowest BCUT2D eigenvalue weighted by Gasteiger charge is -2.29. The number of likely N-dealkylation sites (tertiary alicyclic amines) is 1. The van der Waals surface area contributed by atoms with Crippen LogP contribution >= 0.6 is 22.9 Å². The zero-order valence-corrected chi connectivity index (χ0v) is 20.3. The number of Topliss-reactive ketones (excluding diaryl/α,β-unsaturated/α-hetero) is 1. The fourth-order valence-corrected chi connectivity index (χ4v) is 5.74. The van der Waals surface area contributed by atoms with E-state index in [1.807, 2.05) is 0 Å². The number of nitrogens with zero attached hydrogens (tertiary/aromatic N) is 1. The molecule has 1 unspecified atom stereocenters. The molecular weight excluding hydrogens is 495 g/mol. The number of aliphatic hydroxyl groups excluding tert-OH is 1. The number of fused-ring (bicyclic) bond motifs is 2. The maximum atomic E-state index is 14.6. The van der Waals surface area contributed by atoms with Gasteiger partial charge in [0.25, 0.3) is 11.7 Å². The predicted octanol–water partition coefficient (Wildman–Crippen LogP) is 3.96. The Morgan fingerprint density at radius 3 is 2.71 bits per heavy atom. The molecule has 35 heavy (non-hydrogen) atoms. The Balaban J connectivity index is 1.38. The zero-order chi connectivity index (χ0) is 24.5. The fraction of sp³-hybridized carbons (Fsp3) is 0.360. The number of rotatable bonds is 7. The third-order valence-corrected chi connectivity index (χ3v) is 7.56. The van der Waals surface area contributed by atoms with Crippen molar-refractivity contribution in [2.24, 2.45) is 0 Å². The lowest BCUT2D eigenvalue weighted by atomic mass is 10.00. The van der Waals surface area contributed by atoms with Gasteiger partial charge in [0.05, 0.1) is 10.9 Å². The van der Waals surface area contributed by atoms with Crippen LogP contribution in [0.5, 0.6) is 11.5 Å². The molecule has 184 valence electrons. The Kier molecular flexibility index (Phi) is 6.93. The van der Waals surface area contributed by atoms with Crippen LogP contribution in [0.4, 0.5) is 4.39 Å². The minimum absolute atomic E-state index is 0.00683. The van der Waals surface area contributed by atoms with E-state index in [4.69, 9.17) is 21.1 Å². The Bertz CT molecular complexity index is 1280. The standard InChI is InChI=1S/C25H24ClFN2O5S/c26-16-4-3-14-11-21(35-20(14)12-16)23(31)25(32)28-18(13-29-5-1-2-6-29)22(30)15-9-17(27)24-19(10-15)33-7-8-34-24/h3-4,9-12,18,22,30H,1-2,5-8,13H2,(H,28,32)/t18?,22-/m1/s1. The number of carbonyl (C=O) groups is 2. The molecule has 0 radical (unpaired) electrons. The summed E-state index contributed by atoms with van der Waals surface area (Å²) in [6.45, 7) is 2.47. The smallest absolute Gasteiger partial charge is 0.293 e. The van der Waals surface area contributed by atoms with Crippen LogP contribution in [0.25, 0.3) is 10.1 Å². The van der Waals surface area contributed by atoms with Gasteiger partial charge < -0.3 is 24.8 Å². The number of amides is 1. The molecule has 0 spiro atoms. The Morgan fingerprint density at radius 1 is 1.14 bits per heavy atom. The van der Waals surface area contributed by atoms with E-state index in [0.29, 0.717) is 11.6 Å². The Labute approximate surface area is 210 Å². The van der Waals surface area contributed by atoms with Crippen molar-refractivity contribution in [2.75, 3.05) is 32.8 Å². The number of ketones is 1. The topological polar surface area (TPSA) is 88.1 Å². The number of halogens is 2. The average molecular weight is 519 g/mol. The van der Waals surface area contributed by atoms with Crippen LogP contribution in [0.15, 0.2) is 36.4 Å². The molecule has 3 aromatic rings. The third-order valence-electron chi connectivity index (χ3n) is 6.22. The van der Waals surface area contributed by atoms with Crippen LogP contribution < -0.4 is 14.8 Å². The number of carbonyl (C=O) groups excluding carboxylic acids is 2. The van der Waals surface area contributed by atoms with Gasteiger partial charge in [-0.1, -0.05) is 17.7 Å². The van der Waals surface area contributed by atoms with Crippen molar-refractivity contribution in [3.63, 3.8) is 0 Å². The molecule has 3 heterocycles. The Morgan fingerprint density at radius 2 is 1.91 bits per heavy atom. The average Bonchev–Trinajstić information content (AvgIpc) is 3.52. The van der Waals surface area contributed by atoms with E-state index in [1.54, 1.807) is 24.3 Å². The van der Waals surface area contributed by atoms with Crippen LogP contribution in [-0.2, 0) is 4.79 Å². The Hall–Kier alpha value is -2.72. The molecule has 2 aliphatic heterocycles. The first kappa shape index (κ1) is 24.0. The molecule has 2 N–H and O–H groups in total. The van der Waals surface area contributed by atoms with Crippen LogP contribution in [-0.4, -0.2) is 60.6 Å². The molecule has 2 aromatic carbocycles. The fourth-order valence-electron chi connectivity index (χ4n) is 4.46. The molecule has 10 heteroatoms. The summed E-state index contributed by atoms with van der Waals surface area (Å²) in [6.07, 6.45) is 0.760. The summed E-state index contributed by atoms with van der Waals surface area (Å²) in [5.74, 6) is -1.97. The minimum atomic E-state index is -1.26. The molecule has 2 atom stereocenters. The van der Waals surface area contributed by atoms with E-state index < -0.39 is 29.7 Å². The molecule has 1 amide bonds. The van der Waals surface area contributed by atoms with E-state index in [-0.39, 0.29) is 35.2 Å². The molecule has 5 rings (SSSR count). The summed E-state index contributed by atoms with van der Waals surface area (Å²) in [5.41, 5.74) is 0.236. The van der Waals surface area contributed by atoms with Gasteiger partial charge in [-0.05, 0) is 67.2 Å². The summed E-state index contributed by atoms with van der Waals surface area (Å²) in [6, 6.07) is 8.77. The number of aliphatic hydroxyl groups is 1. The van der Waals surface area contributed by atoms with Gasteiger partial charge in [0.1, 0.15) is 19.3 Å². The van der Waals surface area contributed by atoms with E-state index >= 15 is 0 Å². The molecule has 1 fully saturated rings. The molecule has 7 nitrogen and oxygen atoms in total. The van der Waals surface area contributed by atoms with Gasteiger partial charge in [0.2, 0.25) is 0 Å². The first-order chi connectivity index (χ1) is 16.9. The van der Waals surface area contributed by atoms with E-state index in [2.05, 4.69) is 10.2 Å². The second kappa shape index (κ2) is 10.1. The summed E-state index contributed by atoms with van der Waals surface area (Å²) in [4.78, 5) is 28.3. The number of benzene rings is 2. The zero-order valence-electron chi connectivity index (χ0n) is 18.8. The van der Waals surface area contributed by atoms with Crippen LogP contribution in [0.3, 0.4) is 0 Å². The molecule has 0 aliphatic carbocycles. The number of ether oxygens (including phenoxy) is 2. The normalized spacial score (nSPS) is 17.3. The quantitative estimate of drug-likeness (QED) is 0.363. The van der Waals surface area contributed by atoms with Crippen molar-refractivity contribution < 1.29 is 28.6 Å². The van der Waals surface area contributed by atoms with E-state index in [1.165, 1.54) is 23.5 Å². The maximum absolute atomic E-state index is 14.6. The first-order valence-corrected chi connectivity index (χ1v) is 12.6. The molecule has 1 saturated heterocycles. The van der Waals surface area contributed by atoms with Crippen molar-refractivity contribution in [3.05, 3.63) is 57.7 Å². The van der Waals surface area contributed by atoms with Gasteiger partial charge in [0.15, 0.2) is 17.3 Å². The number of thiophene rings is 1. The van der Waals surface area contributed by atoms with Crippen molar-refractivity contribution in [1.82, 2.24) is 10.2 Å². The third kappa shape index (κ3) is 5.13. The lowest BCUT2D eigenvalue weighted by molar-refractivity contribution is -0.118. The largest absolute Gasteiger partial charge is 0.486 e. The summed E-state index contributed by atoms with van der Waals surface area (Å²) >= 11 is 7.22. The van der Waals surface area contributed by atoms with Crippen LogP contribution in [0, 0.1) is 5.82 Å². The molecule has 0 bridgehead atoms.